The van der Waals surface area contributed by atoms with Crippen LogP contribution in [0.15, 0.2) is 97.6 Å². The summed E-state index contributed by atoms with van der Waals surface area (Å²) in [6, 6.07) is 23.0. The fourth-order valence-corrected chi connectivity index (χ4v) is 3.67. The topological polar surface area (TPSA) is 292 Å². The average Bonchev–Trinajstić information content (AvgIpc) is 3.18. The van der Waals surface area contributed by atoms with Gasteiger partial charge in [-0.05, 0) is 75.2 Å². The maximum Gasteiger partial charge on any atom is 1.00 e. The Bertz CT molecular complexity index is 1220. The third-order valence-corrected chi connectivity index (χ3v) is 5.92. The molecule has 0 aromatic carbocycles. The van der Waals surface area contributed by atoms with Crippen LogP contribution in [-0.2, 0) is 94.5 Å². The Labute approximate surface area is 403 Å². The molecule has 0 radical (unpaired) electrons. The number of pyridine rings is 4. The number of aliphatic hydroxyl groups is 6. The fourth-order valence-electron chi connectivity index (χ4n) is 3.67. The van der Waals surface area contributed by atoms with Gasteiger partial charge in [-0.1, -0.05) is 52.0 Å². The van der Waals surface area contributed by atoms with E-state index >= 15 is 0 Å². The second-order valence-corrected chi connectivity index (χ2v) is 10.8. The molecule has 4 aromatic rings. The van der Waals surface area contributed by atoms with Crippen LogP contribution < -0.4 is 0 Å². The molecule has 0 aliphatic carbocycles. The molecule has 0 saturated carbocycles. The Kier molecular flexibility index (Phi) is 72.0. The molecule has 2 atom stereocenters. The predicted molar refractivity (Wildman–Crippen MR) is 228 cm³/mol. The van der Waals surface area contributed by atoms with Gasteiger partial charge in [-0.15, -0.1) is 52.4 Å². The molecule has 4 rings (SSSR count). The number of aromatic nitrogens is 4. The molecule has 60 heavy (non-hydrogen) atoms. The third kappa shape index (κ3) is 54.2. The quantitative estimate of drug-likeness (QED) is 0.0447. The first-order chi connectivity index (χ1) is 26.2. The first-order valence-electron chi connectivity index (χ1n) is 18.4. The first-order valence-corrected chi connectivity index (χ1v) is 18.4. The fraction of sp³-hybridized carbons (Fsp3) is 0.500. The number of hydrogen-bond acceptors (Lipinski definition) is 10. The van der Waals surface area contributed by atoms with Crippen molar-refractivity contribution in [3.63, 3.8) is 0 Å². The molecule has 0 spiro atoms. The van der Waals surface area contributed by atoms with Crippen LogP contribution in [0.3, 0.4) is 0 Å². The van der Waals surface area contributed by atoms with Crippen molar-refractivity contribution in [3.05, 3.63) is 142 Å². The Hall–Kier alpha value is -1.80. The minimum atomic E-state index is -1.17. The van der Waals surface area contributed by atoms with Crippen LogP contribution in [0.2, 0.25) is 0 Å². The second-order valence-electron chi connectivity index (χ2n) is 10.8. The Morgan fingerprint density at radius 3 is 0.850 bits per heavy atom. The van der Waals surface area contributed by atoms with Crippen LogP contribution in [0.4, 0.5) is 0 Å². The van der Waals surface area contributed by atoms with E-state index in [9.17, 15) is 10.2 Å². The van der Waals surface area contributed by atoms with Gasteiger partial charge >= 0.3 is 68.3 Å². The van der Waals surface area contributed by atoms with Crippen LogP contribution in [0.25, 0.3) is 21.3 Å². The van der Waals surface area contributed by atoms with Crippen molar-refractivity contribution in [2.45, 2.75) is 105 Å². The summed E-state index contributed by atoms with van der Waals surface area (Å²) in [5.74, 6) is 0. The van der Waals surface area contributed by atoms with Crippen molar-refractivity contribution in [2.75, 3.05) is 26.2 Å². The molecule has 0 aliphatic heterocycles. The number of rotatable bonds is 18. The van der Waals surface area contributed by atoms with Gasteiger partial charge in [0.05, 0.1) is 0 Å². The largest absolute Gasteiger partial charge is 1.00 e. The Morgan fingerprint density at radius 1 is 0.433 bits per heavy atom. The van der Waals surface area contributed by atoms with Crippen molar-refractivity contribution in [1.29, 1.82) is 0 Å². The van der Waals surface area contributed by atoms with E-state index in [2.05, 4.69) is 41.2 Å². The maximum atomic E-state index is 9.83. The van der Waals surface area contributed by atoms with E-state index in [1.807, 2.05) is 100 Å². The van der Waals surface area contributed by atoms with Gasteiger partial charge in [0.15, 0.2) is 0 Å². The molecule has 20 heteroatoms. The minimum Gasteiger partial charge on any atom is -0.657 e. The molecule has 0 bridgehead atoms. The van der Waals surface area contributed by atoms with E-state index < -0.39 is 24.8 Å². The van der Waals surface area contributed by atoms with E-state index in [0.717, 1.165) is 22.8 Å². The smallest absolute Gasteiger partial charge is 0.657 e. The van der Waals surface area contributed by atoms with Gasteiger partial charge in [0, 0.05) is 62.6 Å². The second kappa shape index (κ2) is 57.2. The van der Waals surface area contributed by atoms with E-state index in [1.54, 1.807) is 24.8 Å². The Morgan fingerprint density at radius 2 is 0.650 bits per heavy atom. The molecular formula is C40H72Cu4N8O8. The SMILES string of the molecule is CC.CC.CC(O)O.CC(O)O.O.O.O[C@@H](CC[N-]Cc1ccccn1)C[N-]Cc1ccccn1.O[C@H](CC[N-]Cc1ccccn1)C[N-]Cc1ccccn1.[Cu+].[Cu+].[Cu+].[Cu+].[HH].[HH]. The molecule has 0 fully saturated rings. The normalized spacial score (nSPS) is 9.97. The molecular weight excluding hydrogens is 975 g/mol. The summed E-state index contributed by atoms with van der Waals surface area (Å²) in [7, 11) is 0. The minimum absolute atomic E-state index is 0. The van der Waals surface area contributed by atoms with Crippen molar-refractivity contribution < 1.29 is 113 Å². The van der Waals surface area contributed by atoms with Crippen molar-refractivity contribution >= 4 is 0 Å². The third-order valence-electron chi connectivity index (χ3n) is 5.92. The van der Waals surface area contributed by atoms with Crippen LogP contribution in [0.1, 0.15) is 80.0 Å². The molecule has 4 heterocycles. The number of nitrogens with zero attached hydrogens (tertiary/aromatic N) is 8. The summed E-state index contributed by atoms with van der Waals surface area (Å²) >= 11 is 0. The summed E-state index contributed by atoms with van der Waals surface area (Å²) in [6.45, 7) is 14.9. The molecule has 0 saturated heterocycles. The average molecular weight is 1050 g/mol. The van der Waals surface area contributed by atoms with Gasteiger partial charge in [-0.25, -0.2) is 0 Å². The van der Waals surface area contributed by atoms with Gasteiger partial charge in [0.1, 0.15) is 12.6 Å². The summed E-state index contributed by atoms with van der Waals surface area (Å²) in [5, 5.41) is 67.5. The van der Waals surface area contributed by atoms with Gasteiger partial charge in [-0.3, -0.25) is 19.9 Å². The summed E-state index contributed by atoms with van der Waals surface area (Å²) in [4.78, 5) is 16.8. The molecule has 364 valence electrons. The van der Waals surface area contributed by atoms with E-state index in [4.69, 9.17) is 20.4 Å². The molecule has 0 amide bonds. The zero-order chi connectivity index (χ0) is 40.7. The predicted octanol–water partition coefficient (Wildman–Crippen LogP) is 4.87. The van der Waals surface area contributed by atoms with E-state index in [0.29, 0.717) is 65.2 Å². The molecule has 0 unspecified atom stereocenters. The van der Waals surface area contributed by atoms with Gasteiger partial charge in [-0.2, -0.15) is 0 Å². The zero-order valence-electron chi connectivity index (χ0n) is 35.1. The van der Waals surface area contributed by atoms with Crippen molar-refractivity contribution in [1.82, 2.24) is 19.9 Å². The van der Waals surface area contributed by atoms with Crippen LogP contribution >= 0.6 is 0 Å². The van der Waals surface area contributed by atoms with E-state index in [-0.39, 0.29) is 82.1 Å². The van der Waals surface area contributed by atoms with Crippen molar-refractivity contribution in [2.24, 2.45) is 0 Å². The molecule has 0 aliphatic rings. The van der Waals surface area contributed by atoms with Crippen LogP contribution in [-0.4, -0.2) is 112 Å². The molecule has 4 aromatic heterocycles. The summed E-state index contributed by atoms with van der Waals surface area (Å²) in [6.07, 6.45) is 5.04. The number of aliphatic hydroxyl groups excluding tert-OH is 4. The van der Waals surface area contributed by atoms with Crippen LogP contribution in [0, 0.1) is 0 Å². The van der Waals surface area contributed by atoms with Gasteiger partial charge in [0.2, 0.25) is 0 Å². The first kappa shape index (κ1) is 75.6. The summed E-state index contributed by atoms with van der Waals surface area (Å²) < 4.78 is 0. The standard InChI is InChI=1S/2C16H20N4O.2C2H6O2.2C2H6.4Cu.2H2O.2H2/c2*21-16(13-18-12-15-6-2-4-9-20-15)7-10-17-11-14-5-1-3-8-19-14;2*1-2(3)4;2*1-2;;;;;;;;/h2*1-6,8-9,16,21H,7,10-13H2;2*2-4H,1H3;2*1-2H3;;;;;2*1H2;2*1H/q2*-2;;;;;4*+1;;;;/t2*16-;;;;;;;;;;;;/m10............/s1. The number of hydrogen-bond donors (Lipinski definition) is 6. The van der Waals surface area contributed by atoms with E-state index in [1.165, 1.54) is 13.8 Å². The van der Waals surface area contributed by atoms with Gasteiger partial charge in [0.25, 0.3) is 0 Å². The van der Waals surface area contributed by atoms with Crippen molar-refractivity contribution in [3.8, 4) is 0 Å². The Balaban J connectivity index is -0.0000000786. The summed E-state index contributed by atoms with van der Waals surface area (Å²) in [5.41, 5.74) is 3.74. The van der Waals surface area contributed by atoms with Gasteiger partial charge < -0.3 is 62.9 Å². The molecule has 16 nitrogen and oxygen atoms in total. The van der Waals surface area contributed by atoms with Crippen LogP contribution in [0.5, 0.6) is 0 Å². The zero-order valence-corrected chi connectivity index (χ0v) is 38.9. The molecule has 10 N–H and O–H groups in total. The monoisotopic (exact) mass is 1040 g/mol. The maximum absolute atomic E-state index is 9.83.